The molecule has 10 heteroatoms. The molecule has 5 unspecified atom stereocenters. The molecule has 0 bridgehead atoms. The van der Waals surface area contributed by atoms with Gasteiger partial charge in [0.15, 0.2) is 0 Å². The first-order valence-electron chi connectivity index (χ1n) is 8.94. The molecule has 1 fully saturated rings. The van der Waals surface area contributed by atoms with Crippen molar-refractivity contribution in [2.75, 3.05) is 26.3 Å². The van der Waals surface area contributed by atoms with Crippen LogP contribution < -0.4 is 5.32 Å². The molecule has 9 atom stereocenters. The molecule has 1 heterocycles. The maximum atomic E-state index is 10.4. The van der Waals surface area contributed by atoms with Gasteiger partial charge in [0.05, 0.1) is 37.6 Å². The predicted molar refractivity (Wildman–Crippen MR) is 90.1 cm³/mol. The molecule has 0 radical (unpaired) electrons. The summed E-state index contributed by atoms with van der Waals surface area (Å²) in [4.78, 5) is 0. The summed E-state index contributed by atoms with van der Waals surface area (Å²) in [5, 5.41) is 81.7. The monoisotopic (exact) mass is 383 g/mol. The Balaban J connectivity index is 2.82. The van der Waals surface area contributed by atoms with Crippen molar-refractivity contribution in [2.45, 2.75) is 68.6 Å². The Morgan fingerprint density at radius 3 is 2.08 bits per heavy atom. The number of hydrogen-bond donors (Lipinski definition) is 9. The lowest BCUT2D eigenvalue weighted by molar-refractivity contribution is -0.237. The van der Waals surface area contributed by atoms with Crippen molar-refractivity contribution >= 4 is 0 Å². The van der Waals surface area contributed by atoms with Crippen LogP contribution in [0.4, 0.5) is 0 Å². The maximum absolute atomic E-state index is 10.4. The highest BCUT2D eigenvalue weighted by molar-refractivity contribution is 4.95. The second kappa shape index (κ2) is 11.4. The molecule has 1 saturated heterocycles. The van der Waals surface area contributed by atoms with Crippen molar-refractivity contribution in [3.63, 3.8) is 0 Å². The highest BCUT2D eigenvalue weighted by atomic mass is 16.5. The van der Waals surface area contributed by atoms with Gasteiger partial charge in [-0.15, -0.1) is 0 Å². The summed E-state index contributed by atoms with van der Waals surface area (Å²) < 4.78 is 5.37. The minimum absolute atomic E-state index is 0.0678. The van der Waals surface area contributed by atoms with E-state index in [1.165, 1.54) is 0 Å². The maximum Gasteiger partial charge on any atom is 0.111 e. The molecule has 1 rings (SSSR count). The Morgan fingerprint density at radius 1 is 0.923 bits per heavy atom. The normalized spacial score (nSPS) is 34.3. The van der Waals surface area contributed by atoms with Crippen molar-refractivity contribution in [2.24, 2.45) is 5.92 Å². The van der Waals surface area contributed by atoms with Gasteiger partial charge >= 0.3 is 0 Å². The van der Waals surface area contributed by atoms with E-state index in [4.69, 9.17) is 4.74 Å². The molecule has 0 amide bonds. The van der Waals surface area contributed by atoms with Crippen LogP contribution in [0, 0.1) is 5.92 Å². The van der Waals surface area contributed by atoms with Crippen LogP contribution in [0.1, 0.15) is 19.8 Å². The molecule has 10 nitrogen and oxygen atoms in total. The third-order valence-electron chi connectivity index (χ3n) is 4.79. The van der Waals surface area contributed by atoms with Crippen LogP contribution in [0.2, 0.25) is 0 Å². The van der Waals surface area contributed by atoms with E-state index in [0.717, 1.165) is 6.42 Å². The lowest BCUT2D eigenvalue weighted by atomic mass is 9.83. The average Bonchev–Trinajstić information content (AvgIpc) is 2.64. The highest BCUT2D eigenvalue weighted by Crippen LogP contribution is 2.29. The second-order valence-electron chi connectivity index (χ2n) is 6.78. The third kappa shape index (κ3) is 6.06. The standard InChI is InChI=1S/C16H33NO9/c1-2-3-17-5-9(20)13(22)8(10(21)6-18)4-11-14(23)16(25)15(24)12(7-19)26-11/h8-25H,2-7H2,1H3/t8-,9+,10-,11?,12?,13-,14?,15?,16?/m1/s1. The molecule has 0 aromatic rings. The van der Waals surface area contributed by atoms with Crippen molar-refractivity contribution in [3.05, 3.63) is 0 Å². The first-order chi connectivity index (χ1) is 12.3. The van der Waals surface area contributed by atoms with Crippen LogP contribution in [0.5, 0.6) is 0 Å². The largest absolute Gasteiger partial charge is 0.394 e. The number of rotatable bonds is 11. The smallest absolute Gasteiger partial charge is 0.111 e. The Labute approximate surface area is 152 Å². The molecule has 0 aromatic heterocycles. The zero-order valence-electron chi connectivity index (χ0n) is 14.9. The van der Waals surface area contributed by atoms with Gasteiger partial charge < -0.3 is 50.9 Å². The summed E-state index contributed by atoms with van der Waals surface area (Å²) in [6.45, 7) is 1.35. The van der Waals surface area contributed by atoms with Crippen molar-refractivity contribution in [1.82, 2.24) is 5.32 Å². The van der Waals surface area contributed by atoms with Gasteiger partial charge in [0, 0.05) is 12.5 Å². The van der Waals surface area contributed by atoms with Gasteiger partial charge in [-0.2, -0.15) is 0 Å². The highest BCUT2D eigenvalue weighted by Gasteiger charge is 2.45. The Hall–Kier alpha value is -0.400. The van der Waals surface area contributed by atoms with Crippen molar-refractivity contribution < 1.29 is 45.6 Å². The molecule has 26 heavy (non-hydrogen) atoms. The minimum atomic E-state index is -1.58. The molecular weight excluding hydrogens is 350 g/mol. The number of hydrogen-bond acceptors (Lipinski definition) is 10. The fourth-order valence-electron chi connectivity index (χ4n) is 3.13. The van der Waals surface area contributed by atoms with Gasteiger partial charge in [-0.05, 0) is 19.4 Å². The number of nitrogens with one attached hydrogen (secondary N) is 1. The van der Waals surface area contributed by atoms with Crippen molar-refractivity contribution in [3.8, 4) is 0 Å². The van der Waals surface area contributed by atoms with Gasteiger partial charge in [-0.3, -0.25) is 0 Å². The van der Waals surface area contributed by atoms with E-state index in [9.17, 15) is 40.9 Å². The fourth-order valence-corrected chi connectivity index (χ4v) is 3.13. The lowest BCUT2D eigenvalue weighted by Gasteiger charge is -2.42. The fraction of sp³-hybridized carbons (Fsp3) is 1.00. The van der Waals surface area contributed by atoms with E-state index in [2.05, 4.69) is 5.32 Å². The predicted octanol–water partition coefficient (Wildman–Crippen LogP) is -4.09. The number of aliphatic hydroxyl groups excluding tert-OH is 8. The van der Waals surface area contributed by atoms with Gasteiger partial charge in [-0.25, -0.2) is 0 Å². The van der Waals surface area contributed by atoms with E-state index < -0.39 is 68.0 Å². The summed E-state index contributed by atoms with van der Waals surface area (Å²) in [6, 6.07) is 0. The van der Waals surface area contributed by atoms with Gasteiger partial charge in [0.25, 0.3) is 0 Å². The van der Waals surface area contributed by atoms with E-state index in [1.54, 1.807) is 0 Å². The number of aliphatic hydroxyl groups is 8. The Morgan fingerprint density at radius 2 is 1.54 bits per heavy atom. The van der Waals surface area contributed by atoms with Gasteiger partial charge in [0.1, 0.15) is 24.4 Å². The number of ether oxygens (including phenoxy) is 1. The van der Waals surface area contributed by atoms with E-state index in [0.29, 0.717) is 6.54 Å². The average molecular weight is 383 g/mol. The van der Waals surface area contributed by atoms with Gasteiger partial charge in [-0.1, -0.05) is 6.92 Å². The zero-order chi connectivity index (χ0) is 19.9. The van der Waals surface area contributed by atoms with Crippen LogP contribution in [0.25, 0.3) is 0 Å². The molecule has 0 aromatic carbocycles. The van der Waals surface area contributed by atoms with Crippen LogP contribution in [-0.4, -0.2) is 116 Å². The lowest BCUT2D eigenvalue weighted by Crippen LogP contribution is -2.59. The Kier molecular flexibility index (Phi) is 10.4. The molecule has 0 saturated carbocycles. The third-order valence-corrected chi connectivity index (χ3v) is 4.79. The topological polar surface area (TPSA) is 183 Å². The summed E-state index contributed by atoms with van der Waals surface area (Å²) in [7, 11) is 0. The molecular formula is C16H33NO9. The van der Waals surface area contributed by atoms with Crippen molar-refractivity contribution in [1.29, 1.82) is 0 Å². The quantitative estimate of drug-likeness (QED) is 0.159. The summed E-state index contributed by atoms with van der Waals surface area (Å²) >= 11 is 0. The first-order valence-corrected chi connectivity index (χ1v) is 8.94. The Bertz CT molecular complexity index is 387. The summed E-state index contributed by atoms with van der Waals surface area (Å²) in [5.41, 5.74) is 0. The second-order valence-corrected chi connectivity index (χ2v) is 6.78. The van der Waals surface area contributed by atoms with Crippen LogP contribution in [0.15, 0.2) is 0 Å². The molecule has 1 aliphatic rings. The van der Waals surface area contributed by atoms with E-state index in [-0.39, 0.29) is 13.0 Å². The van der Waals surface area contributed by atoms with Crippen LogP contribution >= 0.6 is 0 Å². The molecule has 9 N–H and O–H groups in total. The van der Waals surface area contributed by atoms with E-state index in [1.807, 2.05) is 6.92 Å². The zero-order valence-corrected chi connectivity index (χ0v) is 14.9. The summed E-state index contributed by atoms with van der Waals surface area (Å²) in [5.74, 6) is -1.07. The first kappa shape index (κ1) is 23.6. The molecule has 1 aliphatic heterocycles. The molecule has 0 spiro atoms. The van der Waals surface area contributed by atoms with Crippen LogP contribution in [-0.2, 0) is 4.74 Å². The van der Waals surface area contributed by atoms with Gasteiger partial charge in [0.2, 0.25) is 0 Å². The molecule has 0 aliphatic carbocycles. The molecule has 156 valence electrons. The summed E-state index contributed by atoms with van der Waals surface area (Å²) in [6.07, 6.45) is -10.3. The van der Waals surface area contributed by atoms with Crippen LogP contribution in [0.3, 0.4) is 0 Å². The van der Waals surface area contributed by atoms with E-state index >= 15 is 0 Å². The SMILES string of the molecule is CCCNC[C@H](O)[C@H](O)[C@H](CC1OC(CO)C(O)C(O)C1O)[C@H](O)CO. The minimum Gasteiger partial charge on any atom is -0.394 e.